The topological polar surface area (TPSA) is 52.5 Å². The van der Waals surface area contributed by atoms with E-state index in [0.717, 1.165) is 44.1 Å². The molecule has 0 spiro atoms. The Morgan fingerprint density at radius 2 is 2.33 bits per heavy atom. The average molecular weight is 250 g/mol. The summed E-state index contributed by atoms with van der Waals surface area (Å²) in [5, 5.41) is 9.18. The van der Waals surface area contributed by atoms with Crippen molar-refractivity contribution in [3.05, 3.63) is 12.4 Å². The lowest BCUT2D eigenvalue weighted by Crippen LogP contribution is -2.23. The quantitative estimate of drug-likeness (QED) is 0.849. The molecule has 1 saturated heterocycles. The Morgan fingerprint density at radius 3 is 3.00 bits per heavy atom. The summed E-state index contributed by atoms with van der Waals surface area (Å²) in [6.07, 6.45) is 3.77. The molecule has 2 heterocycles. The SMILES string of the molecule is CCCN(C)c1cc(N2CCC(CO)C2)ncn1. The van der Waals surface area contributed by atoms with Crippen molar-refractivity contribution in [2.45, 2.75) is 19.8 Å². The van der Waals surface area contributed by atoms with Gasteiger partial charge in [-0.2, -0.15) is 0 Å². The highest BCUT2D eigenvalue weighted by molar-refractivity contribution is 5.50. The van der Waals surface area contributed by atoms with Crippen LogP contribution in [0.25, 0.3) is 0 Å². The van der Waals surface area contributed by atoms with Gasteiger partial charge in [0.2, 0.25) is 0 Å². The lowest BCUT2D eigenvalue weighted by Gasteiger charge is -2.21. The summed E-state index contributed by atoms with van der Waals surface area (Å²) >= 11 is 0. The molecule has 1 aromatic rings. The maximum atomic E-state index is 9.18. The second-order valence-corrected chi connectivity index (χ2v) is 4.94. The van der Waals surface area contributed by atoms with E-state index in [1.165, 1.54) is 0 Å². The summed E-state index contributed by atoms with van der Waals surface area (Å²) < 4.78 is 0. The van der Waals surface area contributed by atoms with Gasteiger partial charge in [-0.05, 0) is 12.8 Å². The van der Waals surface area contributed by atoms with Crippen molar-refractivity contribution in [1.29, 1.82) is 0 Å². The van der Waals surface area contributed by atoms with Gasteiger partial charge in [0.1, 0.15) is 18.0 Å². The first-order valence-electron chi connectivity index (χ1n) is 6.63. The molecule has 0 aliphatic carbocycles. The molecule has 1 fully saturated rings. The van der Waals surface area contributed by atoms with Crippen molar-refractivity contribution in [2.75, 3.05) is 43.1 Å². The molecule has 1 aromatic heterocycles. The highest BCUT2D eigenvalue weighted by Crippen LogP contribution is 2.23. The van der Waals surface area contributed by atoms with Crippen LogP contribution in [0.2, 0.25) is 0 Å². The third kappa shape index (κ3) is 2.90. The molecular weight excluding hydrogens is 228 g/mol. The van der Waals surface area contributed by atoms with Gasteiger partial charge in [-0.25, -0.2) is 9.97 Å². The van der Waals surface area contributed by atoms with E-state index in [0.29, 0.717) is 5.92 Å². The van der Waals surface area contributed by atoms with Gasteiger partial charge in [0.05, 0.1) is 0 Å². The van der Waals surface area contributed by atoms with Crippen molar-refractivity contribution >= 4 is 11.6 Å². The predicted octanol–water partition coefficient (Wildman–Crippen LogP) is 1.14. The molecule has 0 amide bonds. The number of aromatic nitrogens is 2. The normalized spacial score (nSPS) is 19.3. The second kappa shape index (κ2) is 6.00. The molecule has 1 unspecified atom stereocenters. The van der Waals surface area contributed by atoms with Crippen molar-refractivity contribution in [3.63, 3.8) is 0 Å². The van der Waals surface area contributed by atoms with Crippen LogP contribution in [-0.2, 0) is 0 Å². The molecule has 18 heavy (non-hydrogen) atoms. The monoisotopic (exact) mass is 250 g/mol. The zero-order chi connectivity index (χ0) is 13.0. The average Bonchev–Trinajstić information content (AvgIpc) is 2.88. The van der Waals surface area contributed by atoms with E-state index in [1.807, 2.05) is 6.07 Å². The van der Waals surface area contributed by atoms with Crippen molar-refractivity contribution in [2.24, 2.45) is 5.92 Å². The number of anilines is 2. The maximum Gasteiger partial charge on any atom is 0.134 e. The summed E-state index contributed by atoms with van der Waals surface area (Å²) in [4.78, 5) is 13.0. The zero-order valence-electron chi connectivity index (χ0n) is 11.2. The van der Waals surface area contributed by atoms with E-state index >= 15 is 0 Å². The molecule has 0 radical (unpaired) electrons. The Kier molecular flexibility index (Phi) is 4.36. The van der Waals surface area contributed by atoms with E-state index in [9.17, 15) is 5.11 Å². The number of aliphatic hydroxyl groups is 1. The number of nitrogens with zero attached hydrogens (tertiary/aromatic N) is 4. The maximum absolute atomic E-state index is 9.18. The standard InChI is InChI=1S/C13H22N4O/c1-3-5-16(2)12-7-13(15-10-14-12)17-6-4-11(8-17)9-18/h7,10-11,18H,3-6,8-9H2,1-2H3. The second-order valence-electron chi connectivity index (χ2n) is 4.94. The minimum absolute atomic E-state index is 0.268. The molecule has 0 saturated carbocycles. The fourth-order valence-electron chi connectivity index (χ4n) is 2.36. The van der Waals surface area contributed by atoms with E-state index in [4.69, 9.17) is 0 Å². The molecule has 2 rings (SSSR count). The molecule has 0 aromatic carbocycles. The molecule has 1 atom stereocenters. The molecule has 5 nitrogen and oxygen atoms in total. The third-order valence-electron chi connectivity index (χ3n) is 3.46. The molecule has 5 heteroatoms. The van der Waals surface area contributed by atoms with Crippen LogP contribution in [0, 0.1) is 5.92 Å². The first-order chi connectivity index (χ1) is 8.74. The molecule has 0 bridgehead atoms. The highest BCUT2D eigenvalue weighted by atomic mass is 16.3. The fraction of sp³-hybridized carbons (Fsp3) is 0.692. The van der Waals surface area contributed by atoms with Gasteiger partial charge >= 0.3 is 0 Å². The molecule has 100 valence electrons. The van der Waals surface area contributed by atoms with E-state index in [2.05, 4.69) is 33.7 Å². The largest absolute Gasteiger partial charge is 0.396 e. The smallest absolute Gasteiger partial charge is 0.134 e. The number of rotatable bonds is 5. The van der Waals surface area contributed by atoms with Crippen molar-refractivity contribution in [1.82, 2.24) is 9.97 Å². The predicted molar refractivity (Wildman–Crippen MR) is 73.0 cm³/mol. The van der Waals surface area contributed by atoms with Gasteiger partial charge in [0.25, 0.3) is 0 Å². The van der Waals surface area contributed by atoms with Gasteiger partial charge < -0.3 is 14.9 Å². The van der Waals surface area contributed by atoms with Crippen LogP contribution >= 0.6 is 0 Å². The summed E-state index contributed by atoms with van der Waals surface area (Å²) in [6, 6.07) is 2.04. The lowest BCUT2D eigenvalue weighted by atomic mass is 10.1. The van der Waals surface area contributed by atoms with Gasteiger partial charge in [-0.1, -0.05) is 6.92 Å². The first-order valence-corrected chi connectivity index (χ1v) is 6.63. The van der Waals surface area contributed by atoms with Crippen LogP contribution in [0.1, 0.15) is 19.8 Å². The van der Waals surface area contributed by atoms with Crippen molar-refractivity contribution in [3.8, 4) is 0 Å². The summed E-state index contributed by atoms with van der Waals surface area (Å²) in [5.41, 5.74) is 0. The van der Waals surface area contributed by atoms with Crippen LogP contribution in [-0.4, -0.2) is 48.4 Å². The van der Waals surface area contributed by atoms with E-state index < -0.39 is 0 Å². The van der Waals surface area contributed by atoms with Gasteiger partial charge in [0, 0.05) is 45.3 Å². The fourth-order valence-corrected chi connectivity index (χ4v) is 2.36. The molecule has 1 aliphatic rings. The van der Waals surface area contributed by atoms with Gasteiger partial charge in [0.15, 0.2) is 0 Å². The van der Waals surface area contributed by atoms with Crippen LogP contribution in [0.15, 0.2) is 12.4 Å². The Labute approximate surface area is 108 Å². The molecule has 1 aliphatic heterocycles. The van der Waals surface area contributed by atoms with Crippen LogP contribution in [0.5, 0.6) is 0 Å². The van der Waals surface area contributed by atoms with Crippen LogP contribution in [0.4, 0.5) is 11.6 Å². The minimum atomic E-state index is 0.268. The van der Waals surface area contributed by atoms with Gasteiger partial charge in [-0.15, -0.1) is 0 Å². The Balaban J connectivity index is 2.08. The lowest BCUT2D eigenvalue weighted by molar-refractivity contribution is 0.238. The highest BCUT2D eigenvalue weighted by Gasteiger charge is 2.23. The number of hydrogen-bond acceptors (Lipinski definition) is 5. The first kappa shape index (κ1) is 13.1. The van der Waals surface area contributed by atoms with Gasteiger partial charge in [-0.3, -0.25) is 0 Å². The number of hydrogen-bond donors (Lipinski definition) is 1. The summed E-state index contributed by atoms with van der Waals surface area (Å²) in [6.45, 7) is 5.29. The minimum Gasteiger partial charge on any atom is -0.396 e. The zero-order valence-corrected chi connectivity index (χ0v) is 11.2. The van der Waals surface area contributed by atoms with Crippen molar-refractivity contribution < 1.29 is 5.11 Å². The Hall–Kier alpha value is -1.36. The Bertz CT molecular complexity index is 385. The number of aliphatic hydroxyl groups excluding tert-OH is 1. The van der Waals surface area contributed by atoms with Crippen LogP contribution in [0.3, 0.4) is 0 Å². The molecular formula is C13H22N4O. The third-order valence-corrected chi connectivity index (χ3v) is 3.46. The summed E-state index contributed by atoms with van der Waals surface area (Å²) in [5.74, 6) is 2.32. The van der Waals surface area contributed by atoms with E-state index in [-0.39, 0.29) is 6.61 Å². The Morgan fingerprint density at radius 1 is 1.50 bits per heavy atom. The molecule has 1 N–H and O–H groups in total. The van der Waals surface area contributed by atoms with Crippen LogP contribution < -0.4 is 9.80 Å². The van der Waals surface area contributed by atoms with E-state index in [1.54, 1.807) is 6.33 Å². The summed E-state index contributed by atoms with van der Waals surface area (Å²) in [7, 11) is 2.05.